The summed E-state index contributed by atoms with van der Waals surface area (Å²) < 4.78 is 22.9. The van der Waals surface area contributed by atoms with Gasteiger partial charge in [-0.3, -0.25) is 4.79 Å². The summed E-state index contributed by atoms with van der Waals surface area (Å²) in [6.45, 7) is 2.66. The van der Waals surface area contributed by atoms with E-state index in [1.807, 2.05) is 23.8 Å². The molecule has 2 aliphatic heterocycles. The third-order valence-electron chi connectivity index (χ3n) is 5.96. The molecule has 2 aliphatic rings. The lowest BCUT2D eigenvalue weighted by molar-refractivity contribution is 0.102. The summed E-state index contributed by atoms with van der Waals surface area (Å²) in [4.78, 5) is 20.0. The molecular weight excluding hydrogens is 423 g/mol. The quantitative estimate of drug-likeness (QED) is 0.612. The van der Waals surface area contributed by atoms with Gasteiger partial charge in [0.1, 0.15) is 29.4 Å². The van der Waals surface area contributed by atoms with E-state index < -0.39 is 5.91 Å². The minimum atomic E-state index is -0.400. The molecular formula is C24H25FN6O2. The Balaban J connectivity index is 1.53. The van der Waals surface area contributed by atoms with Gasteiger partial charge in [-0.1, -0.05) is 12.1 Å². The van der Waals surface area contributed by atoms with Crippen LogP contribution in [0.4, 0.5) is 10.2 Å². The predicted molar refractivity (Wildman–Crippen MR) is 122 cm³/mol. The van der Waals surface area contributed by atoms with Crippen molar-refractivity contribution in [1.82, 2.24) is 24.6 Å². The maximum absolute atomic E-state index is 15.1. The van der Waals surface area contributed by atoms with Crippen molar-refractivity contribution in [3.05, 3.63) is 59.7 Å². The topological polar surface area (TPSA) is 85.2 Å². The molecule has 0 saturated carbocycles. The molecule has 0 atom stereocenters. The zero-order valence-electron chi connectivity index (χ0n) is 18.4. The van der Waals surface area contributed by atoms with Crippen LogP contribution in [0.1, 0.15) is 35.2 Å². The van der Waals surface area contributed by atoms with E-state index in [1.54, 1.807) is 24.5 Å². The molecule has 0 spiro atoms. The Labute approximate surface area is 191 Å². The predicted octanol–water partition coefficient (Wildman–Crippen LogP) is 3.62. The Morgan fingerprint density at radius 2 is 2.06 bits per heavy atom. The van der Waals surface area contributed by atoms with Gasteiger partial charge in [0.05, 0.1) is 12.2 Å². The monoisotopic (exact) mass is 448 g/mol. The van der Waals surface area contributed by atoms with Crippen molar-refractivity contribution in [2.45, 2.75) is 25.8 Å². The molecule has 9 heteroatoms. The fraction of sp³-hybridized carbons (Fsp3) is 0.333. The van der Waals surface area contributed by atoms with Crippen LogP contribution in [0.15, 0.2) is 42.7 Å². The minimum Gasteiger partial charge on any atom is -0.493 e. The normalized spacial score (nSPS) is 17.2. The second kappa shape index (κ2) is 9.11. The van der Waals surface area contributed by atoms with E-state index in [1.165, 1.54) is 6.07 Å². The molecule has 2 bridgehead atoms. The van der Waals surface area contributed by atoms with Crippen molar-refractivity contribution in [1.29, 1.82) is 0 Å². The van der Waals surface area contributed by atoms with Gasteiger partial charge in [0.15, 0.2) is 5.82 Å². The first kappa shape index (κ1) is 21.3. The van der Waals surface area contributed by atoms with Crippen molar-refractivity contribution in [3.8, 4) is 17.3 Å². The smallest absolute Gasteiger partial charge is 0.260 e. The number of amides is 1. The lowest BCUT2D eigenvalue weighted by Gasteiger charge is -2.23. The average molecular weight is 449 g/mol. The summed E-state index contributed by atoms with van der Waals surface area (Å²) in [7, 11) is 2.03. The highest BCUT2D eigenvalue weighted by atomic mass is 19.1. The first-order valence-electron chi connectivity index (χ1n) is 11.1. The molecule has 4 heterocycles. The molecule has 5 rings (SSSR count). The first-order chi connectivity index (χ1) is 16.1. The van der Waals surface area contributed by atoms with E-state index in [-0.39, 0.29) is 11.6 Å². The van der Waals surface area contributed by atoms with Crippen LogP contribution in [0.2, 0.25) is 0 Å². The molecule has 3 aromatic rings. The van der Waals surface area contributed by atoms with Crippen LogP contribution >= 0.6 is 0 Å². The second-order valence-corrected chi connectivity index (χ2v) is 8.34. The number of hydrogen-bond acceptors (Lipinski definition) is 6. The number of nitrogens with one attached hydrogen (secondary N) is 1. The molecule has 0 aliphatic carbocycles. The number of hydrogen-bond donors (Lipinski definition) is 1. The molecule has 1 N–H and O–H groups in total. The van der Waals surface area contributed by atoms with Crippen LogP contribution in [0.3, 0.4) is 0 Å². The lowest BCUT2D eigenvalue weighted by atomic mass is 9.96. The van der Waals surface area contributed by atoms with E-state index in [0.717, 1.165) is 37.9 Å². The summed E-state index contributed by atoms with van der Waals surface area (Å²) in [5.41, 5.74) is 2.25. The number of carbonyl (C=O) groups is 1. The number of halogens is 1. The van der Waals surface area contributed by atoms with Gasteiger partial charge in [0.25, 0.3) is 5.91 Å². The van der Waals surface area contributed by atoms with E-state index >= 15 is 4.39 Å². The lowest BCUT2D eigenvalue weighted by Crippen LogP contribution is -2.24. The van der Waals surface area contributed by atoms with Crippen LogP contribution in [0.5, 0.6) is 5.75 Å². The standard InChI is InChI=1S/C24H25FN6O2/c1-30-10-7-16(8-11-30)17-13-18-21(14-19(17)25)33-12-3-2-9-31-15-26-29-23(31)20-5-4-6-22(27-20)28-24(18)32/h4-7,13-15H,2-3,8-12H2,1H3,(H,27,28,32). The Morgan fingerprint density at radius 3 is 2.91 bits per heavy atom. The van der Waals surface area contributed by atoms with Gasteiger partial charge < -0.3 is 19.5 Å². The van der Waals surface area contributed by atoms with Gasteiger partial charge in [-0.2, -0.15) is 0 Å². The largest absolute Gasteiger partial charge is 0.493 e. The summed E-state index contributed by atoms with van der Waals surface area (Å²) in [5, 5.41) is 11.0. The number of pyridine rings is 1. The Morgan fingerprint density at radius 1 is 1.15 bits per heavy atom. The molecule has 1 aromatic carbocycles. The minimum absolute atomic E-state index is 0.237. The van der Waals surface area contributed by atoms with Gasteiger partial charge in [-0.25, -0.2) is 9.37 Å². The number of benzene rings is 1. The van der Waals surface area contributed by atoms with Crippen molar-refractivity contribution >= 4 is 17.3 Å². The summed E-state index contributed by atoms with van der Waals surface area (Å²) in [6.07, 6.45) is 5.94. The van der Waals surface area contributed by atoms with E-state index in [4.69, 9.17) is 4.74 Å². The number of rotatable bonds is 1. The molecule has 0 saturated heterocycles. The average Bonchev–Trinajstić information content (AvgIpc) is 3.28. The van der Waals surface area contributed by atoms with E-state index in [9.17, 15) is 4.79 Å². The molecule has 170 valence electrons. The Kier molecular flexibility index (Phi) is 5.87. The van der Waals surface area contributed by atoms with Gasteiger partial charge >= 0.3 is 0 Å². The molecule has 33 heavy (non-hydrogen) atoms. The number of ether oxygens (including phenoxy) is 1. The second-order valence-electron chi connectivity index (χ2n) is 8.34. The highest BCUT2D eigenvalue weighted by molar-refractivity contribution is 6.06. The Hall–Kier alpha value is -3.59. The molecule has 2 aromatic heterocycles. The van der Waals surface area contributed by atoms with Crippen LogP contribution in [0.25, 0.3) is 17.1 Å². The Bertz CT molecular complexity index is 1220. The number of fused-ring (bicyclic) bond motifs is 5. The van der Waals surface area contributed by atoms with E-state index in [2.05, 4.69) is 25.4 Å². The number of carbonyl (C=O) groups excluding carboxylic acids is 1. The van der Waals surface area contributed by atoms with Crippen molar-refractivity contribution < 1.29 is 13.9 Å². The molecule has 8 nitrogen and oxygen atoms in total. The van der Waals surface area contributed by atoms with Gasteiger partial charge in [-0.05, 0) is 50.1 Å². The van der Waals surface area contributed by atoms with Crippen molar-refractivity contribution in [2.24, 2.45) is 0 Å². The van der Waals surface area contributed by atoms with Crippen LogP contribution in [-0.4, -0.2) is 57.3 Å². The van der Waals surface area contributed by atoms with Gasteiger partial charge in [0.2, 0.25) is 0 Å². The number of anilines is 1. The third kappa shape index (κ3) is 4.49. The summed E-state index contributed by atoms with van der Waals surface area (Å²) in [5.74, 6) is 0.471. The van der Waals surface area contributed by atoms with Crippen LogP contribution < -0.4 is 10.1 Å². The summed E-state index contributed by atoms with van der Waals surface area (Å²) in [6, 6.07) is 8.28. The zero-order chi connectivity index (χ0) is 22.8. The first-order valence-corrected chi connectivity index (χ1v) is 11.1. The number of aromatic nitrogens is 4. The van der Waals surface area contributed by atoms with Gasteiger partial charge in [0, 0.05) is 31.3 Å². The maximum atomic E-state index is 15.1. The van der Waals surface area contributed by atoms with Crippen LogP contribution in [0, 0.1) is 5.82 Å². The third-order valence-corrected chi connectivity index (χ3v) is 5.96. The number of nitrogens with zero attached hydrogens (tertiary/aromatic N) is 5. The van der Waals surface area contributed by atoms with Gasteiger partial charge in [-0.15, -0.1) is 10.2 Å². The fourth-order valence-corrected chi connectivity index (χ4v) is 4.11. The SMILES string of the molecule is CN1CC=C(c2cc3c(cc2F)OCCCCn2cnnc2-c2cccc(n2)NC3=O)CC1. The molecule has 0 fully saturated rings. The van der Waals surface area contributed by atoms with Crippen LogP contribution in [-0.2, 0) is 6.54 Å². The fourth-order valence-electron chi connectivity index (χ4n) is 4.11. The summed E-state index contributed by atoms with van der Waals surface area (Å²) >= 11 is 0. The number of aryl methyl sites for hydroxylation is 1. The van der Waals surface area contributed by atoms with Crippen molar-refractivity contribution in [2.75, 3.05) is 32.1 Å². The highest BCUT2D eigenvalue weighted by Gasteiger charge is 2.22. The van der Waals surface area contributed by atoms with E-state index in [0.29, 0.717) is 41.6 Å². The molecule has 0 radical (unpaired) electrons. The molecule has 1 amide bonds. The maximum Gasteiger partial charge on any atom is 0.260 e. The zero-order valence-corrected chi connectivity index (χ0v) is 18.4. The molecule has 0 unspecified atom stereocenters. The number of likely N-dealkylation sites (N-methyl/N-ethyl adjacent to an activating group) is 1. The van der Waals surface area contributed by atoms with Crippen molar-refractivity contribution in [3.63, 3.8) is 0 Å². The highest BCUT2D eigenvalue weighted by Crippen LogP contribution is 2.31.